The van der Waals surface area contributed by atoms with Crippen molar-refractivity contribution < 1.29 is 0 Å². The third-order valence-electron chi connectivity index (χ3n) is 3.19. The smallest absolute Gasteiger partial charge is 0.298 e. The fourth-order valence-corrected chi connectivity index (χ4v) is 2.27. The molecular weight excluding hydrogens is 351 g/mol. The topological polar surface area (TPSA) is 84.7 Å². The fourth-order valence-electron chi connectivity index (χ4n) is 1.97. The van der Waals surface area contributed by atoms with Gasteiger partial charge in [0.05, 0.1) is 15.7 Å². The first-order chi connectivity index (χ1) is 11.5. The highest BCUT2D eigenvalue weighted by Crippen LogP contribution is 2.27. The van der Waals surface area contributed by atoms with Crippen molar-refractivity contribution in [3.8, 4) is 11.4 Å². The maximum absolute atomic E-state index is 12.1. The summed E-state index contributed by atoms with van der Waals surface area (Å²) < 4.78 is 1.33. The number of hydrogen-bond donors (Lipinski definition) is 2. The van der Waals surface area contributed by atoms with E-state index in [1.807, 2.05) is 0 Å². The largest absolute Gasteiger partial charge is 0.352 e. The molecule has 2 N–H and O–H groups in total. The number of aromatic nitrogens is 4. The summed E-state index contributed by atoms with van der Waals surface area (Å²) in [6, 6.07) is 8.54. The molecule has 0 spiro atoms. The Hall–Kier alpha value is -2.64. The van der Waals surface area contributed by atoms with E-state index in [0.717, 1.165) is 5.69 Å². The average Bonchev–Trinajstić information content (AvgIpc) is 2.59. The summed E-state index contributed by atoms with van der Waals surface area (Å²) in [6.45, 7) is 0. The molecule has 0 unspecified atom stereocenters. The van der Waals surface area contributed by atoms with E-state index in [2.05, 4.69) is 25.8 Å². The Kier molecular flexibility index (Phi) is 4.64. The van der Waals surface area contributed by atoms with E-state index in [0.29, 0.717) is 21.4 Å². The van der Waals surface area contributed by atoms with Gasteiger partial charge in [-0.15, -0.1) is 0 Å². The number of nitrogens with one attached hydrogen (secondary N) is 2. The zero-order chi connectivity index (χ0) is 17.1. The van der Waals surface area contributed by atoms with Crippen molar-refractivity contribution in [2.75, 3.05) is 10.9 Å². The van der Waals surface area contributed by atoms with Gasteiger partial charge in [0.25, 0.3) is 0 Å². The predicted molar refractivity (Wildman–Crippen MR) is 94.2 cm³/mol. The molecule has 0 radical (unpaired) electrons. The van der Waals surface area contributed by atoms with Crippen molar-refractivity contribution in [3.63, 3.8) is 0 Å². The molecule has 2 heterocycles. The van der Waals surface area contributed by atoms with E-state index in [1.165, 1.54) is 4.57 Å². The van der Waals surface area contributed by atoms with E-state index in [-0.39, 0.29) is 5.95 Å². The van der Waals surface area contributed by atoms with Gasteiger partial charge in [0.2, 0.25) is 5.95 Å². The lowest BCUT2D eigenvalue weighted by atomic mass is 10.2. The first-order valence-corrected chi connectivity index (χ1v) is 7.63. The minimum Gasteiger partial charge on any atom is -0.298 e. The number of hydrogen-bond acceptors (Lipinski definition) is 6. The predicted octanol–water partition coefficient (Wildman–Crippen LogP) is 2.98. The lowest BCUT2D eigenvalue weighted by Crippen LogP contribution is -2.26. The number of nitrogens with zero attached hydrogens (tertiary/aromatic N) is 4. The van der Waals surface area contributed by atoms with Crippen LogP contribution in [0.1, 0.15) is 0 Å². The van der Waals surface area contributed by atoms with Gasteiger partial charge in [-0.1, -0.05) is 23.2 Å². The second kappa shape index (κ2) is 6.86. The first-order valence-electron chi connectivity index (χ1n) is 6.87. The first kappa shape index (κ1) is 16.2. The van der Waals surface area contributed by atoms with Gasteiger partial charge in [-0.05, 0) is 30.3 Å². The molecule has 0 atom stereocenters. The Morgan fingerprint density at radius 3 is 2.46 bits per heavy atom. The van der Waals surface area contributed by atoms with Crippen LogP contribution in [-0.2, 0) is 7.05 Å². The van der Waals surface area contributed by atoms with E-state index < -0.39 is 5.69 Å². The number of anilines is 2. The van der Waals surface area contributed by atoms with Gasteiger partial charge in [0.1, 0.15) is 5.82 Å². The van der Waals surface area contributed by atoms with Crippen LogP contribution >= 0.6 is 23.2 Å². The number of benzene rings is 1. The third-order valence-corrected chi connectivity index (χ3v) is 3.93. The zero-order valence-electron chi connectivity index (χ0n) is 12.5. The molecule has 9 heteroatoms. The molecule has 7 nitrogen and oxygen atoms in total. The van der Waals surface area contributed by atoms with Crippen LogP contribution in [0, 0.1) is 0 Å². The molecule has 3 aromatic rings. The lowest BCUT2D eigenvalue weighted by molar-refractivity contribution is 0.786. The number of hydrazine groups is 1. The average molecular weight is 363 g/mol. The molecule has 0 fully saturated rings. The molecule has 0 saturated heterocycles. The number of halogens is 2. The standard InChI is InChI=1S/C15H12Cl2N6O/c1-23-13(9-2-3-11(16)12(17)8-9)19-14(20-15(23)24)22-21-10-4-6-18-7-5-10/h2-8H,1H3,(H,18,21)(H,20,22,24). The van der Waals surface area contributed by atoms with Crippen molar-refractivity contribution in [2.24, 2.45) is 7.05 Å². The normalized spacial score (nSPS) is 10.5. The summed E-state index contributed by atoms with van der Waals surface area (Å²) in [4.78, 5) is 24.2. The highest BCUT2D eigenvalue weighted by atomic mass is 35.5. The molecule has 3 rings (SSSR count). The van der Waals surface area contributed by atoms with E-state index in [4.69, 9.17) is 23.2 Å². The molecule has 0 aliphatic heterocycles. The quantitative estimate of drug-likeness (QED) is 0.694. The third kappa shape index (κ3) is 3.47. The van der Waals surface area contributed by atoms with Crippen LogP contribution in [0.25, 0.3) is 11.4 Å². The summed E-state index contributed by atoms with van der Waals surface area (Å²) in [5.74, 6) is 0.545. The van der Waals surface area contributed by atoms with Crippen molar-refractivity contribution in [1.82, 2.24) is 19.5 Å². The molecule has 2 aromatic heterocycles. The molecule has 0 aliphatic rings. The summed E-state index contributed by atoms with van der Waals surface area (Å²) in [5.41, 5.74) is 6.64. The second-order valence-corrected chi connectivity index (χ2v) is 5.64. The van der Waals surface area contributed by atoms with Crippen molar-refractivity contribution in [1.29, 1.82) is 0 Å². The second-order valence-electron chi connectivity index (χ2n) is 4.83. The minimum absolute atomic E-state index is 0.135. The monoisotopic (exact) mass is 362 g/mol. The van der Waals surface area contributed by atoms with Crippen LogP contribution in [0.4, 0.5) is 11.6 Å². The number of rotatable bonds is 4. The molecule has 24 heavy (non-hydrogen) atoms. The van der Waals surface area contributed by atoms with E-state index in [9.17, 15) is 4.79 Å². The zero-order valence-corrected chi connectivity index (χ0v) is 14.0. The summed E-state index contributed by atoms with van der Waals surface area (Å²) >= 11 is 12.0. The Morgan fingerprint density at radius 2 is 1.75 bits per heavy atom. The van der Waals surface area contributed by atoms with Crippen LogP contribution in [0.15, 0.2) is 47.5 Å². The molecule has 0 aliphatic carbocycles. The SMILES string of the molecule is Cn1c(-c2ccc(Cl)c(Cl)c2)nc(NNc2ccncc2)nc1=O. The highest BCUT2D eigenvalue weighted by molar-refractivity contribution is 6.42. The van der Waals surface area contributed by atoms with Crippen molar-refractivity contribution >= 4 is 34.8 Å². The Bertz CT molecular complexity index is 929. The Morgan fingerprint density at radius 1 is 1.00 bits per heavy atom. The van der Waals surface area contributed by atoms with Gasteiger partial charge in [-0.2, -0.15) is 9.97 Å². The van der Waals surface area contributed by atoms with Crippen LogP contribution in [0.2, 0.25) is 10.0 Å². The summed E-state index contributed by atoms with van der Waals surface area (Å²) in [7, 11) is 1.58. The molecule has 0 bridgehead atoms. The van der Waals surface area contributed by atoms with Gasteiger partial charge < -0.3 is 0 Å². The van der Waals surface area contributed by atoms with Crippen LogP contribution in [-0.4, -0.2) is 19.5 Å². The van der Waals surface area contributed by atoms with Gasteiger partial charge in [-0.3, -0.25) is 20.4 Å². The van der Waals surface area contributed by atoms with Gasteiger partial charge >= 0.3 is 5.69 Å². The molecule has 122 valence electrons. The number of pyridine rings is 1. The molecule has 1 aromatic carbocycles. The molecular formula is C15H12Cl2N6O. The van der Waals surface area contributed by atoms with Gasteiger partial charge in [0, 0.05) is 25.0 Å². The lowest BCUT2D eigenvalue weighted by Gasteiger charge is -2.11. The van der Waals surface area contributed by atoms with Crippen molar-refractivity contribution in [3.05, 3.63) is 63.3 Å². The summed E-state index contributed by atoms with van der Waals surface area (Å²) in [5, 5.41) is 0.807. The van der Waals surface area contributed by atoms with E-state index >= 15 is 0 Å². The van der Waals surface area contributed by atoms with E-state index in [1.54, 1.807) is 49.8 Å². The van der Waals surface area contributed by atoms with Crippen molar-refractivity contribution in [2.45, 2.75) is 0 Å². The van der Waals surface area contributed by atoms with Gasteiger partial charge in [0.15, 0.2) is 0 Å². The summed E-state index contributed by atoms with van der Waals surface area (Å²) in [6.07, 6.45) is 3.27. The van der Waals surface area contributed by atoms with Crippen LogP contribution < -0.4 is 16.5 Å². The van der Waals surface area contributed by atoms with Crippen LogP contribution in [0.3, 0.4) is 0 Å². The maximum Gasteiger partial charge on any atom is 0.352 e. The molecule has 0 saturated carbocycles. The Labute approximate surface area is 147 Å². The highest BCUT2D eigenvalue weighted by Gasteiger charge is 2.11. The van der Waals surface area contributed by atoms with Gasteiger partial charge in [-0.25, -0.2) is 4.79 Å². The maximum atomic E-state index is 12.1. The molecule has 0 amide bonds. The van der Waals surface area contributed by atoms with Crippen LogP contribution in [0.5, 0.6) is 0 Å². The Balaban J connectivity index is 1.94. The minimum atomic E-state index is -0.454. The fraction of sp³-hybridized carbons (Fsp3) is 0.0667.